The molecule has 0 radical (unpaired) electrons. The number of non-ortho nitro benzene ring substituents is 1. The van der Waals surface area contributed by atoms with Crippen molar-refractivity contribution in [3.63, 3.8) is 0 Å². The number of carbonyl (C=O) groups is 1. The van der Waals surface area contributed by atoms with Crippen molar-refractivity contribution in [3.05, 3.63) is 70.3 Å². The number of unbranched alkanes of at least 4 members (excludes halogenated alkanes) is 1. The zero-order valence-electron chi connectivity index (χ0n) is 14.0. The lowest BCUT2D eigenvalue weighted by Gasteiger charge is -2.07. The van der Waals surface area contributed by atoms with E-state index in [0.29, 0.717) is 23.6 Å². The number of nitrogens with zero attached hydrogens (tertiary/aromatic N) is 1. The largest absolute Gasteiger partial charge is 0.494 e. The number of ether oxygens (including phenoxy) is 1. The molecule has 1 amide bonds. The molecule has 0 heterocycles. The molecule has 0 fully saturated rings. The SMILES string of the molecule is CCCCOc1cccc(NC(=O)/C=C/c2cccc([N+](=O)[O-])c2)c1. The highest BCUT2D eigenvalue weighted by Gasteiger charge is 2.04. The third kappa shape index (κ3) is 6.10. The first-order valence-electron chi connectivity index (χ1n) is 8.05. The number of carbonyl (C=O) groups excluding carboxylic acids is 1. The van der Waals surface area contributed by atoms with Gasteiger partial charge in [-0.2, -0.15) is 0 Å². The van der Waals surface area contributed by atoms with Crippen molar-refractivity contribution < 1.29 is 14.5 Å². The third-order valence-corrected chi connectivity index (χ3v) is 3.38. The number of nitro groups is 1. The molecule has 0 aliphatic heterocycles. The highest BCUT2D eigenvalue weighted by atomic mass is 16.6. The van der Waals surface area contributed by atoms with Gasteiger partial charge in [-0.3, -0.25) is 14.9 Å². The van der Waals surface area contributed by atoms with Gasteiger partial charge in [0.15, 0.2) is 0 Å². The summed E-state index contributed by atoms with van der Waals surface area (Å²) < 4.78 is 5.60. The predicted molar refractivity (Wildman–Crippen MR) is 97.6 cm³/mol. The second kappa shape index (κ2) is 9.22. The summed E-state index contributed by atoms with van der Waals surface area (Å²) in [6.45, 7) is 2.73. The van der Waals surface area contributed by atoms with E-state index >= 15 is 0 Å². The van der Waals surface area contributed by atoms with Crippen LogP contribution in [0.2, 0.25) is 0 Å². The van der Waals surface area contributed by atoms with Crippen LogP contribution in [0.25, 0.3) is 6.08 Å². The summed E-state index contributed by atoms with van der Waals surface area (Å²) in [5.41, 5.74) is 1.20. The van der Waals surface area contributed by atoms with Crippen molar-refractivity contribution in [1.82, 2.24) is 0 Å². The van der Waals surface area contributed by atoms with Crippen molar-refractivity contribution in [2.24, 2.45) is 0 Å². The smallest absolute Gasteiger partial charge is 0.270 e. The molecule has 25 heavy (non-hydrogen) atoms. The maximum atomic E-state index is 12.0. The quantitative estimate of drug-likeness (QED) is 0.334. The number of hydrogen-bond donors (Lipinski definition) is 1. The van der Waals surface area contributed by atoms with Gasteiger partial charge in [-0.05, 0) is 30.2 Å². The molecule has 130 valence electrons. The lowest BCUT2D eigenvalue weighted by atomic mass is 10.2. The zero-order chi connectivity index (χ0) is 18.1. The monoisotopic (exact) mass is 340 g/mol. The number of nitrogens with one attached hydrogen (secondary N) is 1. The molecule has 6 nitrogen and oxygen atoms in total. The van der Waals surface area contributed by atoms with Gasteiger partial charge in [0.1, 0.15) is 5.75 Å². The zero-order valence-corrected chi connectivity index (χ0v) is 14.0. The molecule has 6 heteroatoms. The number of benzene rings is 2. The van der Waals surface area contributed by atoms with Crippen molar-refractivity contribution >= 4 is 23.4 Å². The Morgan fingerprint density at radius 2 is 2.04 bits per heavy atom. The maximum absolute atomic E-state index is 12.0. The third-order valence-electron chi connectivity index (χ3n) is 3.38. The van der Waals surface area contributed by atoms with Gasteiger partial charge >= 0.3 is 0 Å². The van der Waals surface area contributed by atoms with Crippen LogP contribution in [-0.4, -0.2) is 17.4 Å². The van der Waals surface area contributed by atoms with E-state index in [9.17, 15) is 14.9 Å². The fraction of sp³-hybridized carbons (Fsp3) is 0.211. The van der Waals surface area contributed by atoms with Crippen molar-refractivity contribution in [1.29, 1.82) is 0 Å². The number of nitro benzene ring substituents is 1. The molecule has 0 unspecified atom stereocenters. The topological polar surface area (TPSA) is 81.5 Å². The van der Waals surface area contributed by atoms with Gasteiger partial charge in [0.25, 0.3) is 5.69 Å². The first kappa shape index (κ1) is 18.2. The minimum absolute atomic E-state index is 0.0144. The molecule has 0 saturated carbocycles. The number of hydrogen-bond acceptors (Lipinski definition) is 4. The Morgan fingerprint density at radius 1 is 1.24 bits per heavy atom. The fourth-order valence-electron chi connectivity index (χ4n) is 2.10. The van der Waals surface area contributed by atoms with Crippen LogP contribution in [0.3, 0.4) is 0 Å². The van der Waals surface area contributed by atoms with Gasteiger partial charge in [0.05, 0.1) is 11.5 Å². The Labute approximate surface area is 146 Å². The molecule has 2 aromatic rings. The van der Waals surface area contributed by atoms with Gasteiger partial charge in [0, 0.05) is 30.0 Å². The van der Waals surface area contributed by atoms with Gasteiger partial charge in [-0.25, -0.2) is 0 Å². The number of rotatable bonds is 8. The van der Waals surface area contributed by atoms with E-state index < -0.39 is 4.92 Å². The normalized spacial score (nSPS) is 10.6. The molecule has 1 N–H and O–H groups in total. The molecule has 0 aliphatic carbocycles. The molecular weight excluding hydrogens is 320 g/mol. The van der Waals surface area contributed by atoms with E-state index in [1.54, 1.807) is 30.3 Å². The van der Waals surface area contributed by atoms with Crippen molar-refractivity contribution in [2.75, 3.05) is 11.9 Å². The highest BCUT2D eigenvalue weighted by molar-refractivity contribution is 6.02. The Balaban J connectivity index is 1.96. The first-order chi connectivity index (χ1) is 12.1. The summed E-state index contributed by atoms with van der Waals surface area (Å²) in [5, 5.41) is 13.5. The standard InChI is InChI=1S/C19H20N2O4/c1-2-3-12-25-18-9-5-7-16(14-18)20-19(22)11-10-15-6-4-8-17(13-15)21(23)24/h4-11,13-14H,2-3,12H2,1H3,(H,20,22)/b11-10+. The van der Waals surface area contributed by atoms with Crippen LogP contribution >= 0.6 is 0 Å². The molecular formula is C19H20N2O4. The summed E-state index contributed by atoms with van der Waals surface area (Å²) in [7, 11) is 0. The predicted octanol–water partition coefficient (Wildman–Crippen LogP) is 4.43. The molecule has 0 aliphatic rings. The maximum Gasteiger partial charge on any atom is 0.270 e. The summed E-state index contributed by atoms with van der Waals surface area (Å²) in [6.07, 6.45) is 4.90. The van der Waals surface area contributed by atoms with Crippen LogP contribution in [0.5, 0.6) is 5.75 Å². The Hall–Kier alpha value is -3.15. The number of amides is 1. The van der Waals surface area contributed by atoms with Gasteiger partial charge in [-0.15, -0.1) is 0 Å². The molecule has 2 aromatic carbocycles. The number of anilines is 1. The van der Waals surface area contributed by atoms with Crippen LogP contribution in [0, 0.1) is 10.1 Å². The molecule has 0 saturated heterocycles. The van der Waals surface area contributed by atoms with Crippen LogP contribution < -0.4 is 10.1 Å². The molecule has 0 bridgehead atoms. The lowest BCUT2D eigenvalue weighted by Crippen LogP contribution is -2.08. The van der Waals surface area contributed by atoms with Crippen molar-refractivity contribution in [3.8, 4) is 5.75 Å². The Kier molecular flexibility index (Phi) is 6.71. The molecule has 0 aromatic heterocycles. The molecule has 2 rings (SSSR count). The highest BCUT2D eigenvalue weighted by Crippen LogP contribution is 2.18. The van der Waals surface area contributed by atoms with Crippen molar-refractivity contribution in [2.45, 2.75) is 19.8 Å². The van der Waals surface area contributed by atoms with Crippen LogP contribution in [0.1, 0.15) is 25.3 Å². The summed E-state index contributed by atoms with van der Waals surface area (Å²) >= 11 is 0. The second-order valence-corrected chi connectivity index (χ2v) is 5.40. The van der Waals surface area contributed by atoms with Crippen LogP contribution in [0.4, 0.5) is 11.4 Å². The van der Waals surface area contributed by atoms with Gasteiger partial charge < -0.3 is 10.1 Å². The summed E-state index contributed by atoms with van der Waals surface area (Å²) in [6, 6.07) is 13.3. The molecule has 0 spiro atoms. The van der Waals surface area contributed by atoms with E-state index in [2.05, 4.69) is 12.2 Å². The second-order valence-electron chi connectivity index (χ2n) is 5.40. The molecule has 0 atom stereocenters. The fourth-order valence-corrected chi connectivity index (χ4v) is 2.10. The van der Waals surface area contributed by atoms with E-state index in [4.69, 9.17) is 4.74 Å². The van der Waals surface area contributed by atoms with E-state index in [1.807, 2.05) is 6.07 Å². The Morgan fingerprint density at radius 3 is 2.80 bits per heavy atom. The van der Waals surface area contributed by atoms with Gasteiger partial charge in [0.2, 0.25) is 5.91 Å². The summed E-state index contributed by atoms with van der Waals surface area (Å²) in [5.74, 6) is 0.381. The van der Waals surface area contributed by atoms with E-state index in [-0.39, 0.29) is 11.6 Å². The minimum Gasteiger partial charge on any atom is -0.494 e. The lowest BCUT2D eigenvalue weighted by molar-refractivity contribution is -0.384. The van der Waals surface area contributed by atoms with Crippen LogP contribution in [-0.2, 0) is 4.79 Å². The van der Waals surface area contributed by atoms with Crippen LogP contribution in [0.15, 0.2) is 54.6 Å². The minimum atomic E-state index is -0.471. The average Bonchev–Trinajstić information content (AvgIpc) is 2.61. The van der Waals surface area contributed by atoms with Gasteiger partial charge in [-0.1, -0.05) is 31.5 Å². The summed E-state index contributed by atoms with van der Waals surface area (Å²) in [4.78, 5) is 22.3. The van der Waals surface area contributed by atoms with E-state index in [0.717, 1.165) is 12.8 Å². The van der Waals surface area contributed by atoms with E-state index in [1.165, 1.54) is 24.3 Å². The average molecular weight is 340 g/mol. The first-order valence-corrected chi connectivity index (χ1v) is 8.05. The Bertz CT molecular complexity index is 772.